The number of benzene rings is 1. The van der Waals surface area contributed by atoms with Gasteiger partial charge >= 0.3 is 0 Å². The van der Waals surface area contributed by atoms with Crippen LogP contribution in [0, 0.1) is 5.92 Å². The van der Waals surface area contributed by atoms with Crippen molar-refractivity contribution >= 4 is 11.8 Å². The molecule has 3 heterocycles. The fourth-order valence-electron chi connectivity index (χ4n) is 4.19. The number of fused-ring (bicyclic) bond motifs is 1. The molecule has 6 nitrogen and oxygen atoms in total. The number of piperazine rings is 1. The molecule has 0 unspecified atom stereocenters. The second-order valence-electron chi connectivity index (χ2n) is 6.74. The molecule has 0 spiro atoms. The molecule has 2 saturated heterocycles. The summed E-state index contributed by atoms with van der Waals surface area (Å²) in [6.45, 7) is 2.60. The number of carbonyl (C=O) groups is 2. The molecular weight excluding hydrogens is 318 g/mol. The minimum Gasteiger partial charge on any atom is -0.459 e. The Balaban J connectivity index is 1.61. The zero-order valence-electron chi connectivity index (χ0n) is 13.9. The molecule has 4 rings (SSSR count). The molecule has 1 aromatic carbocycles. The van der Waals surface area contributed by atoms with Crippen LogP contribution in [0.3, 0.4) is 0 Å². The minimum atomic E-state index is -0.271. The second-order valence-corrected chi connectivity index (χ2v) is 6.74. The molecule has 6 heteroatoms. The van der Waals surface area contributed by atoms with Crippen molar-refractivity contribution < 1.29 is 14.0 Å². The maximum Gasteiger partial charge on any atom is 0.289 e. The van der Waals surface area contributed by atoms with Gasteiger partial charge in [-0.3, -0.25) is 14.5 Å². The normalized spacial score (nSPS) is 26.4. The lowest BCUT2D eigenvalue weighted by molar-refractivity contribution is -0.121. The Hall–Kier alpha value is -2.60. The van der Waals surface area contributed by atoms with E-state index in [9.17, 15) is 9.59 Å². The van der Waals surface area contributed by atoms with Crippen LogP contribution in [-0.2, 0) is 4.79 Å². The second kappa shape index (κ2) is 6.37. The Labute approximate surface area is 146 Å². The van der Waals surface area contributed by atoms with Gasteiger partial charge in [0, 0.05) is 38.1 Å². The zero-order chi connectivity index (χ0) is 17.4. The molecule has 3 atom stereocenters. The highest BCUT2D eigenvalue weighted by molar-refractivity contribution is 5.91. The molecule has 2 N–H and O–H groups in total. The van der Waals surface area contributed by atoms with Crippen LogP contribution in [0.4, 0.5) is 0 Å². The lowest BCUT2D eigenvalue weighted by Crippen LogP contribution is -2.53. The number of primary amides is 1. The average Bonchev–Trinajstić information content (AvgIpc) is 3.29. The summed E-state index contributed by atoms with van der Waals surface area (Å²) in [6.07, 6.45) is 1.51. The third-order valence-electron chi connectivity index (χ3n) is 5.38. The summed E-state index contributed by atoms with van der Waals surface area (Å²) >= 11 is 0. The number of nitrogens with zero attached hydrogens (tertiary/aromatic N) is 2. The topological polar surface area (TPSA) is 79.8 Å². The van der Waals surface area contributed by atoms with E-state index in [1.165, 1.54) is 6.26 Å². The third kappa shape index (κ3) is 2.82. The van der Waals surface area contributed by atoms with Crippen molar-refractivity contribution in [1.82, 2.24) is 9.80 Å². The summed E-state index contributed by atoms with van der Waals surface area (Å²) in [5, 5.41) is 0. The van der Waals surface area contributed by atoms with Crippen LogP contribution >= 0.6 is 0 Å². The van der Waals surface area contributed by atoms with Gasteiger partial charge in [-0.15, -0.1) is 0 Å². The smallest absolute Gasteiger partial charge is 0.289 e. The van der Waals surface area contributed by atoms with Gasteiger partial charge in [0.05, 0.1) is 12.2 Å². The molecule has 0 bridgehead atoms. The molecule has 0 saturated carbocycles. The van der Waals surface area contributed by atoms with Crippen molar-refractivity contribution in [3.05, 3.63) is 60.1 Å². The van der Waals surface area contributed by atoms with E-state index in [1.807, 2.05) is 35.2 Å². The van der Waals surface area contributed by atoms with E-state index < -0.39 is 0 Å². The number of nitrogens with two attached hydrogens (primary N) is 1. The van der Waals surface area contributed by atoms with Crippen molar-refractivity contribution in [2.45, 2.75) is 12.0 Å². The largest absolute Gasteiger partial charge is 0.459 e. The first-order valence-electron chi connectivity index (χ1n) is 8.56. The summed E-state index contributed by atoms with van der Waals surface area (Å²) in [6, 6.07) is 13.5. The molecule has 1 aromatic heterocycles. The predicted octanol–water partition coefficient (Wildman–Crippen LogP) is 1.30. The highest BCUT2D eigenvalue weighted by Gasteiger charge is 2.47. The number of rotatable bonds is 3. The van der Waals surface area contributed by atoms with E-state index >= 15 is 0 Å². The maximum atomic E-state index is 12.6. The number of hydrogen-bond acceptors (Lipinski definition) is 4. The highest BCUT2D eigenvalue weighted by atomic mass is 16.3. The molecule has 2 aliphatic rings. The van der Waals surface area contributed by atoms with Gasteiger partial charge in [0.25, 0.3) is 5.91 Å². The van der Waals surface area contributed by atoms with Gasteiger partial charge in [0.15, 0.2) is 5.76 Å². The van der Waals surface area contributed by atoms with E-state index in [4.69, 9.17) is 10.2 Å². The van der Waals surface area contributed by atoms with Crippen LogP contribution in [0.25, 0.3) is 0 Å². The Kier molecular flexibility index (Phi) is 4.05. The lowest BCUT2D eigenvalue weighted by Gasteiger charge is -2.39. The first kappa shape index (κ1) is 15.9. The van der Waals surface area contributed by atoms with E-state index in [-0.39, 0.29) is 29.7 Å². The number of amides is 2. The Morgan fingerprint density at radius 2 is 1.84 bits per heavy atom. The first-order chi connectivity index (χ1) is 12.1. The third-order valence-corrected chi connectivity index (χ3v) is 5.38. The van der Waals surface area contributed by atoms with Crippen molar-refractivity contribution in [1.29, 1.82) is 0 Å². The van der Waals surface area contributed by atoms with Crippen molar-refractivity contribution in [2.24, 2.45) is 11.7 Å². The van der Waals surface area contributed by atoms with Crippen LogP contribution < -0.4 is 5.73 Å². The van der Waals surface area contributed by atoms with E-state index in [1.54, 1.807) is 12.1 Å². The summed E-state index contributed by atoms with van der Waals surface area (Å²) in [5.41, 5.74) is 6.79. The van der Waals surface area contributed by atoms with E-state index in [0.717, 1.165) is 12.1 Å². The standard InChI is InChI=1S/C19H21N3O3/c20-18(23)14-11-21-8-9-22(19(24)16-7-4-10-25-16)12-15(21)17(14)13-5-2-1-3-6-13/h1-7,10,14-15,17H,8-9,11-12H2,(H2,20,23)/t14-,15-,17+/m1/s1. The highest BCUT2D eigenvalue weighted by Crippen LogP contribution is 2.39. The summed E-state index contributed by atoms with van der Waals surface area (Å²) < 4.78 is 5.25. The summed E-state index contributed by atoms with van der Waals surface area (Å²) in [7, 11) is 0. The minimum absolute atomic E-state index is 0.00546. The first-order valence-corrected chi connectivity index (χ1v) is 8.56. The number of hydrogen-bond donors (Lipinski definition) is 1. The monoisotopic (exact) mass is 339 g/mol. The molecule has 2 aromatic rings. The Morgan fingerprint density at radius 1 is 1.04 bits per heavy atom. The van der Waals surface area contributed by atoms with Crippen LogP contribution in [0.5, 0.6) is 0 Å². The summed E-state index contributed by atoms with van der Waals surface area (Å²) in [5.74, 6) is -0.239. The summed E-state index contributed by atoms with van der Waals surface area (Å²) in [4.78, 5) is 28.8. The lowest BCUT2D eigenvalue weighted by atomic mass is 9.83. The SMILES string of the molecule is NC(=O)[C@@H]1CN2CCN(C(=O)c3ccco3)C[C@@H]2[C@H]1c1ccccc1. The van der Waals surface area contributed by atoms with Gasteiger partial charge in [0.1, 0.15) is 0 Å². The van der Waals surface area contributed by atoms with Crippen molar-refractivity contribution in [3.63, 3.8) is 0 Å². The van der Waals surface area contributed by atoms with Gasteiger partial charge < -0.3 is 15.1 Å². The fraction of sp³-hybridized carbons (Fsp3) is 0.368. The van der Waals surface area contributed by atoms with Crippen LogP contribution in [0.1, 0.15) is 22.0 Å². The average molecular weight is 339 g/mol. The maximum absolute atomic E-state index is 12.6. The number of furan rings is 1. The van der Waals surface area contributed by atoms with E-state index in [2.05, 4.69) is 4.90 Å². The van der Waals surface area contributed by atoms with Gasteiger partial charge in [-0.2, -0.15) is 0 Å². The quantitative estimate of drug-likeness (QED) is 0.914. The van der Waals surface area contributed by atoms with Crippen molar-refractivity contribution in [3.8, 4) is 0 Å². The zero-order valence-corrected chi connectivity index (χ0v) is 13.9. The van der Waals surface area contributed by atoms with Crippen molar-refractivity contribution in [2.75, 3.05) is 26.2 Å². The van der Waals surface area contributed by atoms with Gasteiger partial charge in [-0.25, -0.2) is 0 Å². The van der Waals surface area contributed by atoms with Crippen LogP contribution in [0.15, 0.2) is 53.1 Å². The van der Waals surface area contributed by atoms with Crippen LogP contribution in [-0.4, -0.2) is 53.8 Å². The molecule has 25 heavy (non-hydrogen) atoms. The van der Waals surface area contributed by atoms with Gasteiger partial charge in [-0.05, 0) is 17.7 Å². The Bertz CT molecular complexity index is 759. The predicted molar refractivity (Wildman–Crippen MR) is 91.8 cm³/mol. The molecule has 0 aliphatic carbocycles. The fourth-order valence-corrected chi connectivity index (χ4v) is 4.19. The van der Waals surface area contributed by atoms with Gasteiger partial charge in [0.2, 0.25) is 5.91 Å². The molecular formula is C19H21N3O3. The molecule has 0 radical (unpaired) electrons. The molecule has 2 fully saturated rings. The van der Waals surface area contributed by atoms with Crippen LogP contribution in [0.2, 0.25) is 0 Å². The Morgan fingerprint density at radius 3 is 2.52 bits per heavy atom. The van der Waals surface area contributed by atoms with E-state index in [0.29, 0.717) is 25.4 Å². The number of carbonyl (C=O) groups excluding carboxylic acids is 2. The molecule has 130 valence electrons. The van der Waals surface area contributed by atoms with Gasteiger partial charge in [-0.1, -0.05) is 30.3 Å². The molecule has 2 amide bonds. The molecule has 2 aliphatic heterocycles.